The molecular formula is C15H31NO2. The highest BCUT2D eigenvalue weighted by Gasteiger charge is 2.40. The summed E-state index contributed by atoms with van der Waals surface area (Å²) in [7, 11) is 3.84. The zero-order valence-electron chi connectivity index (χ0n) is 12.6. The zero-order valence-corrected chi connectivity index (χ0v) is 12.6. The topological polar surface area (TPSA) is 30.5 Å². The molecule has 1 fully saturated rings. The number of hydrogen-bond acceptors (Lipinski definition) is 3. The highest BCUT2D eigenvalue weighted by Crippen LogP contribution is 2.38. The fraction of sp³-hybridized carbons (Fsp3) is 1.00. The number of hydrogen-bond donors (Lipinski definition) is 1. The van der Waals surface area contributed by atoms with Crippen molar-refractivity contribution in [2.24, 2.45) is 5.92 Å². The van der Waals surface area contributed by atoms with Gasteiger partial charge in [0.25, 0.3) is 0 Å². The van der Waals surface area contributed by atoms with E-state index in [-0.39, 0.29) is 5.60 Å². The molecule has 0 spiro atoms. The quantitative estimate of drug-likeness (QED) is 0.678. The molecule has 0 bridgehead atoms. The molecule has 1 saturated carbocycles. The van der Waals surface area contributed by atoms with Crippen molar-refractivity contribution in [2.75, 3.05) is 27.4 Å². The molecule has 0 aromatic carbocycles. The van der Waals surface area contributed by atoms with Crippen LogP contribution < -0.4 is 5.32 Å². The second-order valence-electron chi connectivity index (χ2n) is 5.66. The van der Waals surface area contributed by atoms with E-state index in [1.165, 1.54) is 25.7 Å². The van der Waals surface area contributed by atoms with Crippen molar-refractivity contribution in [3.05, 3.63) is 0 Å². The van der Waals surface area contributed by atoms with Crippen LogP contribution in [0.15, 0.2) is 0 Å². The third kappa shape index (κ3) is 4.22. The Bertz CT molecular complexity index is 213. The van der Waals surface area contributed by atoms with Crippen molar-refractivity contribution in [3.8, 4) is 0 Å². The number of methoxy groups -OCH3 is 1. The molecule has 0 amide bonds. The predicted molar refractivity (Wildman–Crippen MR) is 75.9 cm³/mol. The van der Waals surface area contributed by atoms with Gasteiger partial charge in [-0.05, 0) is 58.4 Å². The Morgan fingerprint density at radius 1 is 1.33 bits per heavy atom. The van der Waals surface area contributed by atoms with Gasteiger partial charge in [0, 0.05) is 26.4 Å². The fourth-order valence-electron chi connectivity index (χ4n) is 3.23. The second kappa shape index (κ2) is 8.13. The first-order chi connectivity index (χ1) is 8.68. The Hall–Kier alpha value is -0.120. The van der Waals surface area contributed by atoms with Gasteiger partial charge in [0.1, 0.15) is 0 Å². The van der Waals surface area contributed by atoms with Crippen LogP contribution in [0.3, 0.4) is 0 Å². The van der Waals surface area contributed by atoms with Gasteiger partial charge >= 0.3 is 0 Å². The minimum absolute atomic E-state index is 0.0593. The molecule has 1 aliphatic carbocycles. The molecule has 18 heavy (non-hydrogen) atoms. The third-order valence-electron chi connectivity index (χ3n) is 4.38. The maximum absolute atomic E-state index is 6.20. The Balaban J connectivity index is 2.61. The van der Waals surface area contributed by atoms with Crippen LogP contribution in [-0.4, -0.2) is 39.0 Å². The summed E-state index contributed by atoms with van der Waals surface area (Å²) in [5.74, 6) is 0.857. The largest absolute Gasteiger partial charge is 0.385 e. The van der Waals surface area contributed by atoms with Crippen molar-refractivity contribution >= 4 is 0 Å². The van der Waals surface area contributed by atoms with E-state index in [4.69, 9.17) is 9.47 Å². The molecule has 1 atom stereocenters. The normalized spacial score (nSPS) is 30.3. The maximum Gasteiger partial charge on any atom is 0.0834 e. The Morgan fingerprint density at radius 2 is 2.00 bits per heavy atom. The lowest BCUT2D eigenvalue weighted by molar-refractivity contribution is -0.0972. The highest BCUT2D eigenvalue weighted by molar-refractivity contribution is 4.96. The second-order valence-corrected chi connectivity index (χ2v) is 5.66. The first-order valence-corrected chi connectivity index (χ1v) is 7.48. The molecule has 0 radical (unpaired) electrons. The monoisotopic (exact) mass is 257 g/mol. The molecule has 0 aromatic rings. The van der Waals surface area contributed by atoms with E-state index in [0.717, 1.165) is 32.0 Å². The average molecular weight is 257 g/mol. The van der Waals surface area contributed by atoms with Crippen LogP contribution >= 0.6 is 0 Å². The molecular weight excluding hydrogens is 226 g/mol. The molecule has 1 aliphatic rings. The van der Waals surface area contributed by atoms with Gasteiger partial charge in [-0.15, -0.1) is 0 Å². The van der Waals surface area contributed by atoms with E-state index in [0.29, 0.717) is 6.04 Å². The minimum Gasteiger partial charge on any atom is -0.385 e. The van der Waals surface area contributed by atoms with Crippen molar-refractivity contribution in [1.29, 1.82) is 0 Å². The summed E-state index contributed by atoms with van der Waals surface area (Å²) in [4.78, 5) is 0. The molecule has 0 saturated heterocycles. The minimum atomic E-state index is 0.0593. The molecule has 3 heteroatoms. The summed E-state index contributed by atoms with van der Waals surface area (Å²) in [6.45, 7) is 6.13. The van der Waals surface area contributed by atoms with Crippen molar-refractivity contribution in [2.45, 2.75) is 64.0 Å². The van der Waals surface area contributed by atoms with Crippen LogP contribution in [0.2, 0.25) is 0 Å². The highest BCUT2D eigenvalue weighted by atomic mass is 16.5. The van der Waals surface area contributed by atoms with E-state index in [1.807, 2.05) is 0 Å². The average Bonchev–Trinajstić information content (AvgIpc) is 2.38. The summed E-state index contributed by atoms with van der Waals surface area (Å²) in [5.41, 5.74) is 0.0593. The molecule has 0 heterocycles. The van der Waals surface area contributed by atoms with Crippen molar-refractivity contribution in [3.63, 3.8) is 0 Å². The van der Waals surface area contributed by atoms with Gasteiger partial charge in [-0.25, -0.2) is 0 Å². The SMILES string of the molecule is CCOC1(C(CCCOC)NC)CCC(C)CC1. The summed E-state index contributed by atoms with van der Waals surface area (Å²) in [6.07, 6.45) is 7.22. The van der Waals surface area contributed by atoms with Crippen LogP contribution in [0.1, 0.15) is 52.4 Å². The van der Waals surface area contributed by atoms with Gasteiger partial charge in [0.2, 0.25) is 0 Å². The van der Waals surface area contributed by atoms with E-state index in [2.05, 4.69) is 26.2 Å². The number of likely N-dealkylation sites (N-methyl/N-ethyl adjacent to an activating group) is 1. The summed E-state index contributed by atoms with van der Waals surface area (Å²) in [6, 6.07) is 0.458. The van der Waals surface area contributed by atoms with Gasteiger partial charge in [0.15, 0.2) is 0 Å². The number of ether oxygens (including phenoxy) is 2. The van der Waals surface area contributed by atoms with Gasteiger partial charge in [-0.1, -0.05) is 6.92 Å². The van der Waals surface area contributed by atoms with Crippen molar-refractivity contribution < 1.29 is 9.47 Å². The van der Waals surface area contributed by atoms with Gasteiger partial charge < -0.3 is 14.8 Å². The Morgan fingerprint density at radius 3 is 2.50 bits per heavy atom. The lowest BCUT2D eigenvalue weighted by Gasteiger charge is -2.45. The van der Waals surface area contributed by atoms with Gasteiger partial charge in [-0.3, -0.25) is 0 Å². The first-order valence-electron chi connectivity index (χ1n) is 7.48. The van der Waals surface area contributed by atoms with Crippen LogP contribution in [0.5, 0.6) is 0 Å². The molecule has 3 nitrogen and oxygen atoms in total. The maximum atomic E-state index is 6.20. The van der Waals surface area contributed by atoms with E-state index >= 15 is 0 Å². The lowest BCUT2D eigenvalue weighted by Crippen LogP contribution is -2.53. The molecule has 108 valence electrons. The van der Waals surface area contributed by atoms with Crippen LogP contribution in [0, 0.1) is 5.92 Å². The molecule has 0 aliphatic heterocycles. The van der Waals surface area contributed by atoms with Crippen LogP contribution in [0.4, 0.5) is 0 Å². The Labute approximate surface area is 113 Å². The third-order valence-corrected chi connectivity index (χ3v) is 4.38. The lowest BCUT2D eigenvalue weighted by atomic mass is 9.74. The predicted octanol–water partition coefficient (Wildman–Crippen LogP) is 2.99. The first kappa shape index (κ1) is 15.9. The fourth-order valence-corrected chi connectivity index (χ4v) is 3.23. The zero-order chi connectivity index (χ0) is 13.4. The van der Waals surface area contributed by atoms with Crippen LogP contribution in [-0.2, 0) is 9.47 Å². The van der Waals surface area contributed by atoms with Gasteiger partial charge in [0.05, 0.1) is 5.60 Å². The smallest absolute Gasteiger partial charge is 0.0834 e. The standard InChI is InChI=1S/C15H31NO2/c1-5-18-15(10-8-13(2)9-11-15)14(16-3)7-6-12-17-4/h13-14,16H,5-12H2,1-4H3. The number of rotatable bonds is 8. The van der Waals surface area contributed by atoms with Crippen LogP contribution in [0.25, 0.3) is 0 Å². The van der Waals surface area contributed by atoms with Gasteiger partial charge in [-0.2, -0.15) is 0 Å². The van der Waals surface area contributed by atoms with E-state index < -0.39 is 0 Å². The van der Waals surface area contributed by atoms with E-state index in [9.17, 15) is 0 Å². The molecule has 1 unspecified atom stereocenters. The molecule has 1 rings (SSSR count). The summed E-state index contributed by atoms with van der Waals surface area (Å²) < 4.78 is 11.4. The number of nitrogens with one attached hydrogen (secondary N) is 1. The summed E-state index contributed by atoms with van der Waals surface area (Å²) in [5, 5.41) is 3.49. The van der Waals surface area contributed by atoms with Crippen molar-refractivity contribution in [1.82, 2.24) is 5.32 Å². The summed E-state index contributed by atoms with van der Waals surface area (Å²) >= 11 is 0. The molecule has 1 N–H and O–H groups in total. The Kier molecular flexibility index (Phi) is 7.20. The van der Waals surface area contributed by atoms with E-state index in [1.54, 1.807) is 7.11 Å². The molecule has 0 aromatic heterocycles.